The van der Waals surface area contributed by atoms with Gasteiger partial charge in [0.05, 0.1) is 5.41 Å². The molecule has 0 aliphatic carbocycles. The summed E-state index contributed by atoms with van der Waals surface area (Å²) in [6, 6.07) is 13.8. The summed E-state index contributed by atoms with van der Waals surface area (Å²) < 4.78 is 20.9. The maximum absolute atomic E-state index is 12.2. The molecule has 0 fully saturated rings. The molecule has 0 heterocycles. The number of carbonyl (C=O) groups excluding carboxylic acids is 3. The maximum atomic E-state index is 12.2. The van der Waals surface area contributed by atoms with Crippen molar-refractivity contribution in [2.24, 2.45) is 0 Å². The molecule has 2 unspecified atom stereocenters. The van der Waals surface area contributed by atoms with Crippen molar-refractivity contribution >= 4 is 18.2 Å². The Bertz CT molecular complexity index is 1040. The number of hydrogen-bond donors (Lipinski definition) is 2. The first-order chi connectivity index (χ1) is 18.0. The Morgan fingerprint density at radius 1 is 0.763 bits per heavy atom. The van der Waals surface area contributed by atoms with Crippen LogP contribution < -0.4 is 9.47 Å². The second kappa shape index (κ2) is 14.1. The Morgan fingerprint density at radius 3 is 1.39 bits per heavy atom. The van der Waals surface area contributed by atoms with Crippen LogP contribution in [0.4, 0.5) is 0 Å². The standard InChI is InChI=1S/C29H34O9/c1-19(2)27(33)37-16-23(31)14-35-25-10-6-21(7-11-25)29(5,18-30)22-8-12-26(13-9-22)36-15-24(32)17-38-28(34)20(3)4/h6-13,18,23-24,31-32H,1,3,14-17H2,2,4-5H3. The zero-order valence-electron chi connectivity index (χ0n) is 21.8. The molecule has 2 aromatic rings. The summed E-state index contributed by atoms with van der Waals surface area (Å²) in [4.78, 5) is 35.0. The number of aliphatic hydroxyl groups excluding tert-OH is 2. The zero-order chi connectivity index (χ0) is 28.3. The molecule has 2 N–H and O–H groups in total. The second-order valence-electron chi connectivity index (χ2n) is 9.06. The van der Waals surface area contributed by atoms with Gasteiger partial charge in [0.1, 0.15) is 56.4 Å². The Balaban J connectivity index is 1.94. The van der Waals surface area contributed by atoms with Crippen LogP contribution in [-0.4, -0.2) is 67.1 Å². The smallest absolute Gasteiger partial charge is 0.333 e. The van der Waals surface area contributed by atoms with Crippen molar-refractivity contribution in [3.05, 3.63) is 84.0 Å². The molecule has 0 amide bonds. The van der Waals surface area contributed by atoms with Crippen molar-refractivity contribution in [3.8, 4) is 11.5 Å². The quantitative estimate of drug-likeness (QED) is 0.204. The maximum Gasteiger partial charge on any atom is 0.333 e. The zero-order valence-corrected chi connectivity index (χ0v) is 21.8. The third-order valence-corrected chi connectivity index (χ3v) is 5.54. The van der Waals surface area contributed by atoms with Gasteiger partial charge in [-0.25, -0.2) is 9.59 Å². The third kappa shape index (κ3) is 8.86. The Labute approximate surface area is 222 Å². The summed E-state index contributed by atoms with van der Waals surface area (Å²) in [5.41, 5.74) is 0.973. The van der Waals surface area contributed by atoms with E-state index in [1.165, 1.54) is 13.8 Å². The van der Waals surface area contributed by atoms with Crippen molar-refractivity contribution in [2.75, 3.05) is 26.4 Å². The van der Waals surface area contributed by atoms with Gasteiger partial charge in [-0.3, -0.25) is 0 Å². The summed E-state index contributed by atoms with van der Waals surface area (Å²) in [7, 11) is 0. The van der Waals surface area contributed by atoms with Crippen LogP contribution in [-0.2, 0) is 29.3 Å². The molecule has 0 saturated carbocycles. The SMILES string of the molecule is C=C(C)C(=O)OCC(O)COc1ccc(C(C)(C=O)c2ccc(OCC(O)COC(=O)C(=C)C)cc2)cc1. The van der Waals surface area contributed by atoms with Gasteiger partial charge in [-0.15, -0.1) is 0 Å². The van der Waals surface area contributed by atoms with E-state index < -0.39 is 29.6 Å². The van der Waals surface area contributed by atoms with Crippen LogP contribution in [0.2, 0.25) is 0 Å². The minimum atomic E-state index is -1.01. The third-order valence-electron chi connectivity index (χ3n) is 5.54. The summed E-state index contributed by atoms with van der Waals surface area (Å²) in [5.74, 6) is -0.215. The molecule has 204 valence electrons. The van der Waals surface area contributed by atoms with Crippen molar-refractivity contribution in [3.63, 3.8) is 0 Å². The highest BCUT2D eigenvalue weighted by molar-refractivity contribution is 5.87. The van der Waals surface area contributed by atoms with Gasteiger partial charge < -0.3 is 34.0 Å². The lowest BCUT2D eigenvalue weighted by Gasteiger charge is -2.25. The second-order valence-corrected chi connectivity index (χ2v) is 9.06. The van der Waals surface area contributed by atoms with Gasteiger partial charge in [0.2, 0.25) is 0 Å². The van der Waals surface area contributed by atoms with Crippen molar-refractivity contribution in [1.82, 2.24) is 0 Å². The average molecular weight is 527 g/mol. The lowest BCUT2D eigenvalue weighted by molar-refractivity contribution is -0.143. The summed E-state index contributed by atoms with van der Waals surface area (Å²) in [6.45, 7) is 11.2. The minimum Gasteiger partial charge on any atom is -0.491 e. The minimum absolute atomic E-state index is 0.0831. The van der Waals surface area contributed by atoms with E-state index in [9.17, 15) is 24.6 Å². The molecule has 0 spiro atoms. The average Bonchev–Trinajstić information content (AvgIpc) is 2.92. The van der Waals surface area contributed by atoms with Crippen LogP contribution in [0.5, 0.6) is 11.5 Å². The topological polar surface area (TPSA) is 129 Å². The normalized spacial score (nSPS) is 13.8. The van der Waals surface area contributed by atoms with Crippen LogP contribution >= 0.6 is 0 Å². The Morgan fingerprint density at radius 2 is 1.11 bits per heavy atom. The van der Waals surface area contributed by atoms with E-state index in [1.54, 1.807) is 55.5 Å². The molecule has 0 saturated heterocycles. The van der Waals surface area contributed by atoms with Crippen LogP contribution in [0.1, 0.15) is 31.9 Å². The Hall–Kier alpha value is -3.95. The van der Waals surface area contributed by atoms with Crippen LogP contribution in [0.3, 0.4) is 0 Å². The van der Waals surface area contributed by atoms with Crippen molar-refractivity contribution in [1.29, 1.82) is 0 Å². The molecule has 9 heteroatoms. The number of ether oxygens (including phenoxy) is 4. The summed E-state index contributed by atoms with van der Waals surface area (Å²) >= 11 is 0. The van der Waals surface area contributed by atoms with E-state index in [1.807, 2.05) is 0 Å². The van der Waals surface area contributed by atoms with E-state index in [-0.39, 0.29) is 37.6 Å². The fraction of sp³-hybridized carbons (Fsp3) is 0.345. The molecule has 38 heavy (non-hydrogen) atoms. The van der Waals surface area contributed by atoms with E-state index in [4.69, 9.17) is 18.9 Å². The largest absolute Gasteiger partial charge is 0.491 e. The number of hydrogen-bond acceptors (Lipinski definition) is 9. The first kappa shape index (κ1) is 30.3. The van der Waals surface area contributed by atoms with Crippen LogP contribution in [0.15, 0.2) is 72.8 Å². The van der Waals surface area contributed by atoms with Gasteiger partial charge in [-0.1, -0.05) is 37.4 Å². The van der Waals surface area contributed by atoms with E-state index in [0.29, 0.717) is 11.5 Å². The predicted molar refractivity (Wildman–Crippen MR) is 140 cm³/mol. The lowest BCUT2D eigenvalue weighted by atomic mass is 9.77. The van der Waals surface area contributed by atoms with Gasteiger partial charge in [0, 0.05) is 11.1 Å². The molecule has 0 aliphatic heterocycles. The molecule has 0 aromatic heterocycles. The van der Waals surface area contributed by atoms with Gasteiger partial charge in [0.15, 0.2) is 0 Å². The molecule has 2 atom stereocenters. The fourth-order valence-electron chi connectivity index (χ4n) is 3.17. The summed E-state index contributed by atoms with van der Waals surface area (Å²) in [6.07, 6.45) is -1.17. The van der Waals surface area contributed by atoms with E-state index in [2.05, 4.69) is 13.2 Å². The number of esters is 2. The van der Waals surface area contributed by atoms with Crippen LogP contribution in [0.25, 0.3) is 0 Å². The number of benzene rings is 2. The van der Waals surface area contributed by atoms with Crippen molar-refractivity contribution in [2.45, 2.75) is 38.4 Å². The van der Waals surface area contributed by atoms with Gasteiger partial charge in [-0.2, -0.15) is 0 Å². The van der Waals surface area contributed by atoms with Gasteiger partial charge >= 0.3 is 11.9 Å². The van der Waals surface area contributed by atoms with E-state index in [0.717, 1.165) is 17.4 Å². The lowest BCUT2D eigenvalue weighted by Crippen LogP contribution is -2.26. The predicted octanol–water partition coefficient (Wildman–Crippen LogP) is 2.91. The fourth-order valence-corrected chi connectivity index (χ4v) is 3.17. The highest BCUT2D eigenvalue weighted by Crippen LogP contribution is 2.32. The molecule has 2 aromatic carbocycles. The Kier molecular flexibility index (Phi) is 11.2. The molecule has 9 nitrogen and oxygen atoms in total. The molecular weight excluding hydrogens is 492 g/mol. The first-order valence-corrected chi connectivity index (χ1v) is 11.9. The number of aliphatic hydroxyl groups is 2. The molecule has 0 aliphatic rings. The van der Waals surface area contributed by atoms with Gasteiger partial charge in [0.25, 0.3) is 0 Å². The van der Waals surface area contributed by atoms with Crippen molar-refractivity contribution < 1.29 is 43.5 Å². The number of rotatable bonds is 15. The van der Waals surface area contributed by atoms with E-state index >= 15 is 0 Å². The van der Waals surface area contributed by atoms with Crippen LogP contribution in [0, 0.1) is 0 Å². The number of carbonyl (C=O) groups is 3. The molecule has 0 radical (unpaired) electrons. The number of aldehydes is 1. The highest BCUT2D eigenvalue weighted by atomic mass is 16.6. The first-order valence-electron chi connectivity index (χ1n) is 11.9. The molecular formula is C29H34O9. The summed E-state index contributed by atoms with van der Waals surface area (Å²) in [5, 5.41) is 19.9. The monoisotopic (exact) mass is 526 g/mol. The highest BCUT2D eigenvalue weighted by Gasteiger charge is 2.28. The molecule has 0 bridgehead atoms. The van der Waals surface area contributed by atoms with Gasteiger partial charge in [-0.05, 0) is 56.2 Å². The molecule has 2 rings (SSSR count).